The first kappa shape index (κ1) is 12.9. The number of carbonyl (C=O) groups excluding carboxylic acids is 1. The average molecular weight is 241 g/mol. The summed E-state index contributed by atoms with van der Waals surface area (Å²) in [4.78, 5) is 11.4. The van der Waals surface area contributed by atoms with Crippen molar-refractivity contribution < 1.29 is 23.0 Å². The number of methoxy groups -OCH3 is 2. The van der Waals surface area contributed by atoms with Crippen LogP contribution >= 0.6 is 0 Å². The SMILES string of the molecule is COC(=O)c1c(C#N)cc(C(F)F)cc1OC. The molecule has 0 bridgehead atoms. The Bertz CT molecular complexity index is 480. The standard InChI is InChI=1S/C11H9F2NO3/c1-16-8-4-6(10(12)13)3-7(5-14)9(8)11(15)17-2/h3-4,10H,1-2H3. The fourth-order valence-electron chi connectivity index (χ4n) is 1.32. The molecule has 1 aromatic rings. The van der Waals surface area contributed by atoms with E-state index in [2.05, 4.69) is 4.74 Å². The predicted octanol–water partition coefficient (Wildman–Crippen LogP) is 2.29. The topological polar surface area (TPSA) is 59.3 Å². The van der Waals surface area contributed by atoms with Crippen molar-refractivity contribution in [1.82, 2.24) is 0 Å². The van der Waals surface area contributed by atoms with Crippen LogP contribution in [0.2, 0.25) is 0 Å². The molecule has 0 atom stereocenters. The van der Waals surface area contributed by atoms with E-state index < -0.39 is 12.4 Å². The molecule has 0 fully saturated rings. The van der Waals surface area contributed by atoms with Crippen LogP contribution in [0.25, 0.3) is 0 Å². The van der Waals surface area contributed by atoms with E-state index in [1.54, 1.807) is 6.07 Å². The molecule has 0 heterocycles. The van der Waals surface area contributed by atoms with Crippen molar-refractivity contribution in [2.75, 3.05) is 14.2 Å². The molecule has 0 saturated heterocycles. The first-order chi connectivity index (χ1) is 8.04. The Morgan fingerprint density at radius 1 is 1.41 bits per heavy atom. The first-order valence-electron chi connectivity index (χ1n) is 4.53. The smallest absolute Gasteiger partial charge is 0.343 e. The van der Waals surface area contributed by atoms with Crippen LogP contribution in [-0.4, -0.2) is 20.2 Å². The van der Waals surface area contributed by atoms with Gasteiger partial charge in [-0.25, -0.2) is 13.6 Å². The van der Waals surface area contributed by atoms with Gasteiger partial charge in [-0.05, 0) is 12.1 Å². The van der Waals surface area contributed by atoms with Gasteiger partial charge in [0.15, 0.2) is 0 Å². The lowest BCUT2D eigenvalue weighted by molar-refractivity contribution is 0.0596. The largest absolute Gasteiger partial charge is 0.496 e. The van der Waals surface area contributed by atoms with Crippen LogP contribution in [0, 0.1) is 11.3 Å². The van der Waals surface area contributed by atoms with E-state index in [4.69, 9.17) is 10.00 Å². The van der Waals surface area contributed by atoms with E-state index in [9.17, 15) is 13.6 Å². The zero-order chi connectivity index (χ0) is 13.0. The molecule has 0 spiro atoms. The lowest BCUT2D eigenvalue weighted by Gasteiger charge is -2.10. The third-order valence-corrected chi connectivity index (χ3v) is 2.11. The normalized spacial score (nSPS) is 9.88. The van der Waals surface area contributed by atoms with E-state index in [0.29, 0.717) is 0 Å². The second-order valence-electron chi connectivity index (χ2n) is 3.05. The van der Waals surface area contributed by atoms with Gasteiger partial charge in [-0.15, -0.1) is 0 Å². The monoisotopic (exact) mass is 241 g/mol. The van der Waals surface area contributed by atoms with E-state index in [1.165, 1.54) is 7.11 Å². The zero-order valence-electron chi connectivity index (χ0n) is 9.16. The molecule has 1 aromatic carbocycles. The molecule has 6 heteroatoms. The minimum absolute atomic E-state index is 0.105. The fraction of sp³-hybridized carbons (Fsp3) is 0.273. The molecule has 0 aromatic heterocycles. The molecule has 1 rings (SSSR count). The summed E-state index contributed by atoms with van der Waals surface area (Å²) in [7, 11) is 2.35. The van der Waals surface area contributed by atoms with Crippen molar-refractivity contribution in [3.63, 3.8) is 0 Å². The maximum Gasteiger partial charge on any atom is 0.343 e. The van der Waals surface area contributed by atoms with Crippen molar-refractivity contribution in [3.8, 4) is 11.8 Å². The van der Waals surface area contributed by atoms with Gasteiger partial charge in [0.1, 0.15) is 17.4 Å². The van der Waals surface area contributed by atoms with Crippen molar-refractivity contribution >= 4 is 5.97 Å². The number of halogens is 2. The zero-order valence-corrected chi connectivity index (χ0v) is 9.16. The third kappa shape index (κ3) is 2.50. The van der Waals surface area contributed by atoms with Gasteiger partial charge >= 0.3 is 5.97 Å². The van der Waals surface area contributed by atoms with Crippen LogP contribution < -0.4 is 4.74 Å². The Kier molecular flexibility index (Phi) is 3.99. The second kappa shape index (κ2) is 5.25. The van der Waals surface area contributed by atoms with Crippen LogP contribution in [-0.2, 0) is 4.74 Å². The summed E-state index contributed by atoms with van der Waals surface area (Å²) < 4.78 is 34.3. The first-order valence-corrected chi connectivity index (χ1v) is 4.53. The molecular weight excluding hydrogens is 232 g/mol. The minimum Gasteiger partial charge on any atom is -0.496 e. The maximum atomic E-state index is 12.5. The lowest BCUT2D eigenvalue weighted by Crippen LogP contribution is -2.08. The number of rotatable bonds is 3. The number of carbonyl (C=O) groups is 1. The lowest BCUT2D eigenvalue weighted by atomic mass is 10.0. The Balaban J connectivity index is 3.48. The Labute approximate surface area is 96.4 Å². The van der Waals surface area contributed by atoms with Crippen molar-refractivity contribution in [2.45, 2.75) is 6.43 Å². The number of hydrogen-bond donors (Lipinski definition) is 0. The molecule has 0 amide bonds. The predicted molar refractivity (Wildman–Crippen MR) is 54.0 cm³/mol. The van der Waals surface area contributed by atoms with Gasteiger partial charge in [-0.1, -0.05) is 0 Å². The molecule has 0 aliphatic heterocycles. The van der Waals surface area contributed by atoms with Crippen molar-refractivity contribution in [3.05, 3.63) is 28.8 Å². The van der Waals surface area contributed by atoms with Gasteiger partial charge in [0.25, 0.3) is 6.43 Å². The molecule has 90 valence electrons. The molecule has 0 radical (unpaired) electrons. The second-order valence-corrected chi connectivity index (χ2v) is 3.05. The number of alkyl halides is 2. The van der Waals surface area contributed by atoms with Gasteiger partial charge in [0.05, 0.1) is 19.8 Å². The highest BCUT2D eigenvalue weighted by Gasteiger charge is 2.21. The van der Waals surface area contributed by atoms with E-state index in [-0.39, 0.29) is 22.4 Å². The van der Waals surface area contributed by atoms with Gasteiger partial charge in [-0.2, -0.15) is 5.26 Å². The molecule has 17 heavy (non-hydrogen) atoms. The van der Waals surface area contributed by atoms with Crippen LogP contribution in [0.1, 0.15) is 27.9 Å². The minimum atomic E-state index is -2.75. The highest BCUT2D eigenvalue weighted by Crippen LogP contribution is 2.30. The number of benzene rings is 1. The maximum absolute atomic E-state index is 12.5. The number of nitriles is 1. The summed E-state index contributed by atoms with van der Waals surface area (Å²) in [6.45, 7) is 0. The summed E-state index contributed by atoms with van der Waals surface area (Å²) in [5.41, 5.74) is -0.737. The van der Waals surface area contributed by atoms with Gasteiger partial charge in [-0.3, -0.25) is 0 Å². The number of ether oxygens (including phenoxy) is 2. The summed E-state index contributed by atoms with van der Waals surface area (Å²) in [5, 5.41) is 8.83. The molecule has 0 saturated carbocycles. The Morgan fingerprint density at radius 2 is 2.06 bits per heavy atom. The highest BCUT2D eigenvalue weighted by molar-refractivity contribution is 5.95. The van der Waals surface area contributed by atoms with E-state index in [1.807, 2.05) is 0 Å². The highest BCUT2D eigenvalue weighted by atomic mass is 19.3. The molecular formula is C11H9F2NO3. The third-order valence-electron chi connectivity index (χ3n) is 2.11. The Morgan fingerprint density at radius 3 is 2.47 bits per heavy atom. The number of nitrogens with zero attached hydrogens (tertiary/aromatic N) is 1. The summed E-state index contributed by atoms with van der Waals surface area (Å²) >= 11 is 0. The van der Waals surface area contributed by atoms with Crippen LogP contribution in [0.5, 0.6) is 5.75 Å². The van der Waals surface area contributed by atoms with Crippen molar-refractivity contribution in [1.29, 1.82) is 5.26 Å². The summed E-state index contributed by atoms with van der Waals surface area (Å²) in [6, 6.07) is 3.62. The quantitative estimate of drug-likeness (QED) is 0.762. The Hall–Kier alpha value is -2.16. The molecule has 4 nitrogen and oxygen atoms in total. The number of hydrogen-bond acceptors (Lipinski definition) is 4. The molecule has 0 aliphatic carbocycles. The molecule has 0 unspecified atom stereocenters. The van der Waals surface area contributed by atoms with Gasteiger partial charge < -0.3 is 9.47 Å². The van der Waals surface area contributed by atoms with Crippen molar-refractivity contribution in [2.24, 2.45) is 0 Å². The van der Waals surface area contributed by atoms with E-state index in [0.717, 1.165) is 19.2 Å². The average Bonchev–Trinajstić information content (AvgIpc) is 2.35. The van der Waals surface area contributed by atoms with Gasteiger partial charge in [0.2, 0.25) is 0 Å². The summed E-state index contributed by atoms with van der Waals surface area (Å²) in [5.74, 6) is -0.912. The summed E-state index contributed by atoms with van der Waals surface area (Å²) in [6.07, 6.45) is -2.75. The van der Waals surface area contributed by atoms with Crippen LogP contribution in [0.4, 0.5) is 8.78 Å². The van der Waals surface area contributed by atoms with E-state index >= 15 is 0 Å². The fourth-order valence-corrected chi connectivity index (χ4v) is 1.32. The van der Waals surface area contributed by atoms with Crippen LogP contribution in [0.15, 0.2) is 12.1 Å². The van der Waals surface area contributed by atoms with Gasteiger partial charge in [0, 0.05) is 5.56 Å². The molecule has 0 aliphatic rings. The molecule has 0 N–H and O–H groups in total. The van der Waals surface area contributed by atoms with Crippen LogP contribution in [0.3, 0.4) is 0 Å². The number of esters is 1.